The second-order valence-corrected chi connectivity index (χ2v) is 5.34. The van der Waals surface area contributed by atoms with Crippen LogP contribution in [0.15, 0.2) is 54.6 Å². The number of ether oxygens (including phenoxy) is 1. The summed E-state index contributed by atoms with van der Waals surface area (Å²) in [5.74, 6) is 0.817. The summed E-state index contributed by atoms with van der Waals surface area (Å²) < 4.78 is 5.72. The van der Waals surface area contributed by atoms with E-state index in [1.54, 1.807) is 0 Å². The van der Waals surface area contributed by atoms with E-state index in [1.807, 2.05) is 68.7 Å². The van der Waals surface area contributed by atoms with Crippen LogP contribution in [0.4, 0.5) is 0 Å². The van der Waals surface area contributed by atoms with Gasteiger partial charge in [-0.3, -0.25) is 4.79 Å². The molecule has 0 amide bonds. The van der Waals surface area contributed by atoms with Crippen LogP contribution < -0.4 is 4.74 Å². The summed E-state index contributed by atoms with van der Waals surface area (Å²) in [7, 11) is 4.05. The van der Waals surface area contributed by atoms with Crippen LogP contribution in [0, 0.1) is 0 Å². The van der Waals surface area contributed by atoms with Gasteiger partial charge in [0.2, 0.25) is 0 Å². The summed E-state index contributed by atoms with van der Waals surface area (Å²) in [6, 6.07) is 16.9. The lowest BCUT2D eigenvalue weighted by atomic mass is 10.0. The number of likely N-dealkylation sites (N-methyl/N-ethyl adjacent to an activating group) is 1. The van der Waals surface area contributed by atoms with Gasteiger partial charge in [-0.05, 0) is 45.3 Å². The quantitative estimate of drug-likeness (QED) is 0.762. The smallest absolute Gasteiger partial charge is 0.193 e. The molecule has 0 saturated heterocycles. The third-order valence-corrected chi connectivity index (χ3v) is 3.53. The fourth-order valence-corrected chi connectivity index (χ4v) is 1.82. The van der Waals surface area contributed by atoms with E-state index in [-0.39, 0.29) is 5.78 Å². The van der Waals surface area contributed by atoms with E-state index in [0.29, 0.717) is 23.8 Å². The maximum absolute atomic E-state index is 12.3. The molecule has 3 nitrogen and oxygen atoms in total. The van der Waals surface area contributed by atoms with Crippen molar-refractivity contribution < 1.29 is 9.53 Å². The molecular weight excluding hydrogens is 262 g/mol. The Kier molecular flexibility index (Phi) is 5.12. The lowest BCUT2D eigenvalue weighted by Crippen LogP contribution is -2.30. The maximum Gasteiger partial charge on any atom is 0.193 e. The molecular formula is C18H21NO2. The van der Waals surface area contributed by atoms with Crippen LogP contribution >= 0.6 is 0 Å². The van der Waals surface area contributed by atoms with E-state index >= 15 is 0 Å². The van der Waals surface area contributed by atoms with Crippen molar-refractivity contribution in [3.05, 3.63) is 65.7 Å². The minimum Gasteiger partial charge on any atom is -0.492 e. The highest BCUT2D eigenvalue weighted by Crippen LogP contribution is 2.16. The Labute approximate surface area is 126 Å². The fraction of sp³-hybridized carbons (Fsp3) is 0.278. The zero-order chi connectivity index (χ0) is 15.2. The lowest BCUT2D eigenvalue weighted by molar-refractivity contribution is 0.103. The molecule has 1 atom stereocenters. The number of nitrogens with zero attached hydrogens (tertiary/aromatic N) is 1. The minimum absolute atomic E-state index is 0.0313. The van der Waals surface area contributed by atoms with E-state index in [9.17, 15) is 4.79 Å². The van der Waals surface area contributed by atoms with Gasteiger partial charge in [-0.25, -0.2) is 0 Å². The van der Waals surface area contributed by atoms with Crippen LogP contribution in [-0.4, -0.2) is 37.4 Å². The first-order chi connectivity index (χ1) is 10.1. The average molecular weight is 283 g/mol. The molecule has 0 aliphatic carbocycles. The molecule has 0 saturated carbocycles. The van der Waals surface area contributed by atoms with Gasteiger partial charge in [0.05, 0.1) is 0 Å². The standard InChI is InChI=1S/C18H21NO2/c1-14(19(2)3)13-21-17-11-9-16(10-12-17)18(20)15-7-5-4-6-8-15/h4-12,14H,13H2,1-3H3. The molecule has 0 aliphatic heterocycles. The monoisotopic (exact) mass is 283 g/mol. The molecule has 0 fully saturated rings. The van der Waals surface area contributed by atoms with E-state index in [2.05, 4.69) is 11.8 Å². The Morgan fingerprint density at radius 3 is 2.14 bits per heavy atom. The first kappa shape index (κ1) is 15.3. The highest BCUT2D eigenvalue weighted by Gasteiger charge is 2.09. The molecule has 2 aromatic rings. The van der Waals surface area contributed by atoms with Crippen LogP contribution in [0.25, 0.3) is 0 Å². The molecule has 2 rings (SSSR count). The Morgan fingerprint density at radius 1 is 1.00 bits per heavy atom. The number of ketones is 1. The molecule has 0 heterocycles. The largest absolute Gasteiger partial charge is 0.492 e. The normalized spacial score (nSPS) is 12.2. The van der Waals surface area contributed by atoms with Crippen molar-refractivity contribution in [2.75, 3.05) is 20.7 Å². The van der Waals surface area contributed by atoms with E-state index in [4.69, 9.17) is 4.74 Å². The first-order valence-corrected chi connectivity index (χ1v) is 7.07. The number of carbonyl (C=O) groups excluding carboxylic acids is 1. The number of benzene rings is 2. The Morgan fingerprint density at radius 2 is 1.57 bits per heavy atom. The molecule has 2 aromatic carbocycles. The third kappa shape index (κ3) is 4.17. The summed E-state index contributed by atoms with van der Waals surface area (Å²) in [6.07, 6.45) is 0. The molecule has 0 N–H and O–H groups in total. The average Bonchev–Trinajstić information content (AvgIpc) is 2.53. The minimum atomic E-state index is 0.0313. The van der Waals surface area contributed by atoms with E-state index < -0.39 is 0 Å². The summed E-state index contributed by atoms with van der Waals surface area (Å²) in [5, 5.41) is 0. The second kappa shape index (κ2) is 7.04. The van der Waals surface area contributed by atoms with Crippen LogP contribution in [0.5, 0.6) is 5.75 Å². The van der Waals surface area contributed by atoms with Crippen LogP contribution in [0.1, 0.15) is 22.8 Å². The van der Waals surface area contributed by atoms with E-state index in [1.165, 1.54) is 0 Å². The van der Waals surface area contributed by atoms with Crippen molar-refractivity contribution in [1.29, 1.82) is 0 Å². The topological polar surface area (TPSA) is 29.5 Å². The summed E-state index contributed by atoms with van der Waals surface area (Å²) in [5.41, 5.74) is 1.38. The van der Waals surface area contributed by atoms with Gasteiger partial charge in [-0.1, -0.05) is 30.3 Å². The lowest BCUT2D eigenvalue weighted by Gasteiger charge is -2.19. The van der Waals surface area contributed by atoms with Crippen molar-refractivity contribution in [3.63, 3.8) is 0 Å². The van der Waals surface area contributed by atoms with Gasteiger partial charge < -0.3 is 9.64 Å². The molecule has 3 heteroatoms. The number of carbonyl (C=O) groups is 1. The van der Waals surface area contributed by atoms with Crippen molar-refractivity contribution in [2.45, 2.75) is 13.0 Å². The zero-order valence-electron chi connectivity index (χ0n) is 12.7. The molecule has 0 spiro atoms. The Balaban J connectivity index is 2.01. The van der Waals surface area contributed by atoms with E-state index in [0.717, 1.165) is 5.75 Å². The van der Waals surface area contributed by atoms with Crippen molar-refractivity contribution in [1.82, 2.24) is 4.90 Å². The molecule has 1 unspecified atom stereocenters. The number of hydrogen-bond acceptors (Lipinski definition) is 3. The van der Waals surface area contributed by atoms with Gasteiger partial charge in [-0.15, -0.1) is 0 Å². The summed E-state index contributed by atoms with van der Waals surface area (Å²) in [4.78, 5) is 14.4. The van der Waals surface area contributed by atoms with Crippen molar-refractivity contribution >= 4 is 5.78 Å². The Hall–Kier alpha value is -2.13. The third-order valence-electron chi connectivity index (χ3n) is 3.53. The van der Waals surface area contributed by atoms with Crippen LogP contribution in [0.2, 0.25) is 0 Å². The molecule has 110 valence electrons. The first-order valence-electron chi connectivity index (χ1n) is 7.07. The maximum atomic E-state index is 12.3. The Bertz CT molecular complexity index is 576. The van der Waals surface area contributed by atoms with Crippen LogP contribution in [0.3, 0.4) is 0 Å². The molecule has 21 heavy (non-hydrogen) atoms. The zero-order valence-corrected chi connectivity index (χ0v) is 12.7. The second-order valence-electron chi connectivity index (χ2n) is 5.34. The molecule has 0 aliphatic rings. The predicted octanol–water partition coefficient (Wildman–Crippen LogP) is 3.25. The molecule has 0 bridgehead atoms. The highest BCUT2D eigenvalue weighted by molar-refractivity contribution is 6.08. The van der Waals surface area contributed by atoms with Gasteiger partial charge in [0.15, 0.2) is 5.78 Å². The fourth-order valence-electron chi connectivity index (χ4n) is 1.82. The van der Waals surface area contributed by atoms with Gasteiger partial charge in [0.1, 0.15) is 12.4 Å². The predicted molar refractivity (Wildman–Crippen MR) is 85.0 cm³/mol. The molecule has 0 radical (unpaired) electrons. The summed E-state index contributed by atoms with van der Waals surface area (Å²) in [6.45, 7) is 2.73. The van der Waals surface area contributed by atoms with Crippen molar-refractivity contribution in [3.8, 4) is 5.75 Å². The SMILES string of the molecule is CC(COc1ccc(C(=O)c2ccccc2)cc1)N(C)C. The van der Waals surface area contributed by atoms with Gasteiger partial charge in [-0.2, -0.15) is 0 Å². The van der Waals surface area contributed by atoms with Gasteiger partial charge >= 0.3 is 0 Å². The number of rotatable bonds is 6. The van der Waals surface area contributed by atoms with Gasteiger partial charge in [0, 0.05) is 17.2 Å². The highest BCUT2D eigenvalue weighted by atomic mass is 16.5. The summed E-state index contributed by atoms with van der Waals surface area (Å²) >= 11 is 0. The van der Waals surface area contributed by atoms with Crippen molar-refractivity contribution in [2.24, 2.45) is 0 Å². The van der Waals surface area contributed by atoms with Crippen LogP contribution in [-0.2, 0) is 0 Å². The number of hydrogen-bond donors (Lipinski definition) is 0. The molecule has 0 aromatic heterocycles. The van der Waals surface area contributed by atoms with Gasteiger partial charge in [0.25, 0.3) is 0 Å².